The SMILES string of the molecule is O=C(Cc1ccc(F)cc1F)Nc1ccc(-c2ccc(C(=O)OC(=O)[C@@H]3CCCN3)cc2)cc1. The number of esters is 2. The van der Waals surface area contributed by atoms with Crippen LogP contribution in [0.15, 0.2) is 66.7 Å². The number of halogens is 2. The molecule has 2 N–H and O–H groups in total. The lowest BCUT2D eigenvalue weighted by Gasteiger charge is -2.10. The lowest BCUT2D eigenvalue weighted by Crippen LogP contribution is -2.33. The van der Waals surface area contributed by atoms with Gasteiger partial charge in [-0.15, -0.1) is 0 Å². The van der Waals surface area contributed by atoms with E-state index in [2.05, 4.69) is 10.6 Å². The van der Waals surface area contributed by atoms with Crippen LogP contribution >= 0.6 is 0 Å². The van der Waals surface area contributed by atoms with E-state index in [-0.39, 0.29) is 17.5 Å². The van der Waals surface area contributed by atoms with Crippen LogP contribution in [-0.2, 0) is 20.7 Å². The maximum Gasteiger partial charge on any atom is 0.345 e. The number of nitrogens with one attached hydrogen (secondary N) is 2. The third-order valence-corrected chi connectivity index (χ3v) is 5.53. The Bertz CT molecular complexity index is 1200. The van der Waals surface area contributed by atoms with Crippen molar-refractivity contribution < 1.29 is 27.9 Å². The zero-order valence-corrected chi connectivity index (χ0v) is 18.1. The first-order valence-electron chi connectivity index (χ1n) is 10.8. The maximum atomic E-state index is 13.7. The normalized spacial score (nSPS) is 15.1. The van der Waals surface area contributed by atoms with Crippen LogP contribution in [0.1, 0.15) is 28.8 Å². The lowest BCUT2D eigenvalue weighted by atomic mass is 10.0. The van der Waals surface area contributed by atoms with E-state index >= 15 is 0 Å². The van der Waals surface area contributed by atoms with E-state index < -0.39 is 35.5 Å². The second-order valence-corrected chi connectivity index (χ2v) is 7.97. The Labute approximate surface area is 194 Å². The largest absolute Gasteiger partial charge is 0.388 e. The lowest BCUT2D eigenvalue weighted by molar-refractivity contribution is -0.140. The molecule has 1 saturated heterocycles. The van der Waals surface area contributed by atoms with Crippen LogP contribution in [0.25, 0.3) is 11.1 Å². The molecule has 0 aromatic heterocycles. The Balaban J connectivity index is 1.34. The minimum absolute atomic E-state index is 0.107. The summed E-state index contributed by atoms with van der Waals surface area (Å²) >= 11 is 0. The van der Waals surface area contributed by atoms with E-state index in [4.69, 9.17) is 4.74 Å². The number of hydrogen-bond donors (Lipinski definition) is 2. The third-order valence-electron chi connectivity index (χ3n) is 5.53. The van der Waals surface area contributed by atoms with Crippen LogP contribution in [0.5, 0.6) is 0 Å². The Morgan fingerprint density at radius 2 is 1.62 bits per heavy atom. The fraction of sp³-hybridized carbons (Fsp3) is 0.192. The van der Waals surface area contributed by atoms with E-state index in [1.165, 1.54) is 6.07 Å². The summed E-state index contributed by atoms with van der Waals surface area (Å²) in [5.41, 5.74) is 2.57. The molecule has 8 heteroatoms. The number of carbonyl (C=O) groups is 3. The second-order valence-electron chi connectivity index (χ2n) is 7.97. The van der Waals surface area contributed by atoms with Crippen molar-refractivity contribution in [1.29, 1.82) is 0 Å². The van der Waals surface area contributed by atoms with E-state index in [0.29, 0.717) is 12.1 Å². The average Bonchev–Trinajstić information content (AvgIpc) is 3.37. The zero-order valence-electron chi connectivity index (χ0n) is 18.1. The minimum atomic E-state index is -0.766. The number of rotatable bonds is 6. The molecule has 1 amide bonds. The average molecular weight is 464 g/mol. The smallest absolute Gasteiger partial charge is 0.345 e. The molecule has 1 atom stereocenters. The quantitative estimate of drug-likeness (QED) is 0.421. The van der Waals surface area contributed by atoms with Crippen LogP contribution in [-0.4, -0.2) is 30.4 Å². The van der Waals surface area contributed by atoms with Gasteiger partial charge < -0.3 is 15.4 Å². The molecule has 0 radical (unpaired) electrons. The van der Waals surface area contributed by atoms with Crippen molar-refractivity contribution in [1.82, 2.24) is 5.32 Å². The summed E-state index contributed by atoms with van der Waals surface area (Å²) in [7, 11) is 0. The van der Waals surface area contributed by atoms with Gasteiger partial charge in [0.05, 0.1) is 12.0 Å². The molecule has 34 heavy (non-hydrogen) atoms. The zero-order chi connectivity index (χ0) is 24.1. The number of anilines is 1. The number of hydrogen-bond acceptors (Lipinski definition) is 5. The summed E-state index contributed by atoms with van der Waals surface area (Å²) in [6.45, 7) is 0.734. The molecular formula is C26H22F2N2O4. The van der Waals surface area contributed by atoms with Gasteiger partial charge >= 0.3 is 11.9 Å². The Morgan fingerprint density at radius 3 is 2.24 bits per heavy atom. The number of carbonyl (C=O) groups excluding carboxylic acids is 3. The van der Waals surface area contributed by atoms with Crippen molar-refractivity contribution in [3.63, 3.8) is 0 Å². The topological polar surface area (TPSA) is 84.5 Å². The van der Waals surface area contributed by atoms with Crippen LogP contribution in [0.3, 0.4) is 0 Å². The monoisotopic (exact) mass is 464 g/mol. The van der Waals surface area contributed by atoms with E-state index in [0.717, 1.165) is 36.2 Å². The van der Waals surface area contributed by atoms with E-state index in [1.54, 1.807) is 48.5 Å². The van der Waals surface area contributed by atoms with Crippen LogP contribution < -0.4 is 10.6 Å². The van der Waals surface area contributed by atoms with Crippen LogP contribution in [0.4, 0.5) is 14.5 Å². The van der Waals surface area contributed by atoms with Crippen molar-refractivity contribution in [2.75, 3.05) is 11.9 Å². The van der Waals surface area contributed by atoms with Crippen molar-refractivity contribution in [3.8, 4) is 11.1 Å². The van der Waals surface area contributed by atoms with Crippen molar-refractivity contribution in [2.45, 2.75) is 25.3 Å². The fourth-order valence-corrected chi connectivity index (χ4v) is 3.70. The Kier molecular flexibility index (Phi) is 7.08. The molecule has 3 aromatic rings. The van der Waals surface area contributed by atoms with Crippen molar-refractivity contribution >= 4 is 23.5 Å². The summed E-state index contributed by atoms with van der Waals surface area (Å²) in [6.07, 6.45) is 1.31. The van der Waals surface area contributed by atoms with Gasteiger partial charge in [-0.3, -0.25) is 4.79 Å². The van der Waals surface area contributed by atoms with Crippen LogP contribution in [0, 0.1) is 11.6 Å². The molecule has 174 valence electrons. The van der Waals surface area contributed by atoms with Crippen molar-refractivity contribution in [3.05, 3.63) is 89.5 Å². The van der Waals surface area contributed by atoms with E-state index in [9.17, 15) is 23.2 Å². The molecule has 3 aromatic carbocycles. The summed E-state index contributed by atoms with van der Waals surface area (Å²) < 4.78 is 31.7. The number of benzene rings is 3. The molecule has 1 fully saturated rings. The molecule has 0 aliphatic carbocycles. The minimum Gasteiger partial charge on any atom is -0.388 e. The molecule has 0 saturated carbocycles. The second kappa shape index (κ2) is 10.4. The maximum absolute atomic E-state index is 13.7. The Hall–Kier alpha value is -3.91. The number of ether oxygens (including phenoxy) is 1. The molecular weight excluding hydrogens is 442 g/mol. The highest BCUT2D eigenvalue weighted by atomic mass is 19.1. The highest BCUT2D eigenvalue weighted by Crippen LogP contribution is 2.23. The highest BCUT2D eigenvalue weighted by molar-refractivity contribution is 5.98. The van der Waals surface area contributed by atoms with E-state index in [1.807, 2.05) is 0 Å². The van der Waals surface area contributed by atoms with Crippen molar-refractivity contribution in [2.24, 2.45) is 0 Å². The molecule has 0 bridgehead atoms. The van der Waals surface area contributed by atoms with Gasteiger partial charge in [-0.1, -0.05) is 30.3 Å². The highest BCUT2D eigenvalue weighted by Gasteiger charge is 2.26. The van der Waals surface area contributed by atoms with Gasteiger partial charge in [-0.05, 0) is 66.4 Å². The van der Waals surface area contributed by atoms with Gasteiger partial charge in [-0.25, -0.2) is 18.4 Å². The molecule has 4 rings (SSSR count). The third kappa shape index (κ3) is 5.71. The molecule has 1 heterocycles. The van der Waals surface area contributed by atoms with Crippen LogP contribution in [0.2, 0.25) is 0 Å². The summed E-state index contributed by atoms with van der Waals surface area (Å²) in [5, 5.41) is 5.67. The predicted molar refractivity (Wildman–Crippen MR) is 122 cm³/mol. The molecule has 0 unspecified atom stereocenters. The van der Waals surface area contributed by atoms with Gasteiger partial charge in [0.15, 0.2) is 0 Å². The fourth-order valence-electron chi connectivity index (χ4n) is 3.70. The van der Waals surface area contributed by atoms with Gasteiger partial charge in [0.2, 0.25) is 5.91 Å². The molecule has 6 nitrogen and oxygen atoms in total. The van der Waals surface area contributed by atoms with Gasteiger partial charge in [-0.2, -0.15) is 0 Å². The first-order valence-corrected chi connectivity index (χ1v) is 10.8. The van der Waals surface area contributed by atoms with Gasteiger partial charge in [0.25, 0.3) is 0 Å². The summed E-state index contributed by atoms with van der Waals surface area (Å²) in [5.74, 6) is -3.15. The number of amides is 1. The molecule has 0 spiro atoms. The molecule has 1 aliphatic rings. The first-order chi connectivity index (χ1) is 16.4. The van der Waals surface area contributed by atoms with Gasteiger partial charge in [0.1, 0.15) is 17.7 Å². The molecule has 1 aliphatic heterocycles. The summed E-state index contributed by atoms with van der Waals surface area (Å²) in [6, 6.07) is 16.3. The Morgan fingerprint density at radius 1 is 0.941 bits per heavy atom. The summed E-state index contributed by atoms with van der Waals surface area (Å²) in [4.78, 5) is 36.4. The first kappa shape index (κ1) is 23.3. The van der Waals surface area contributed by atoms with Gasteiger partial charge in [0, 0.05) is 11.8 Å². The predicted octanol–water partition coefficient (Wildman–Crippen LogP) is 4.25. The standard InChI is InChI=1S/C26H22F2N2O4/c27-20-10-7-19(22(28)15-20)14-24(31)30-21-11-8-17(9-12-21)16-3-5-18(6-4-16)25(32)34-26(33)23-2-1-13-29-23/h3-12,15,23,29H,1-2,13-14H2,(H,30,31)/t23-/m0/s1.